The summed E-state index contributed by atoms with van der Waals surface area (Å²) in [7, 11) is 2.08. The van der Waals surface area contributed by atoms with Gasteiger partial charge in [0.05, 0.1) is 10.6 Å². The summed E-state index contributed by atoms with van der Waals surface area (Å²) < 4.78 is 0. The first-order valence-corrected chi connectivity index (χ1v) is 7.24. The number of nitrogen functional groups attached to an aromatic ring is 1. The van der Waals surface area contributed by atoms with Crippen LogP contribution in [0.5, 0.6) is 0 Å². The Bertz CT molecular complexity index is 464. The van der Waals surface area contributed by atoms with Gasteiger partial charge >= 0.3 is 0 Å². The molecule has 0 aliphatic heterocycles. The van der Waals surface area contributed by atoms with E-state index in [4.69, 9.17) is 22.7 Å². The molecule has 104 valence electrons. The van der Waals surface area contributed by atoms with Crippen molar-refractivity contribution in [2.24, 2.45) is 11.7 Å². The number of amidine groups is 1. The van der Waals surface area contributed by atoms with Crippen molar-refractivity contribution < 1.29 is 0 Å². The molecule has 1 saturated carbocycles. The van der Waals surface area contributed by atoms with E-state index in [1.165, 1.54) is 25.7 Å². The van der Waals surface area contributed by atoms with Gasteiger partial charge in [-0.3, -0.25) is 5.41 Å². The van der Waals surface area contributed by atoms with Crippen LogP contribution >= 0.6 is 11.6 Å². The zero-order valence-electron chi connectivity index (χ0n) is 11.6. The molecule has 0 spiro atoms. The van der Waals surface area contributed by atoms with Crippen LogP contribution in [0.1, 0.15) is 38.2 Å². The quantitative estimate of drug-likeness (QED) is 0.656. The summed E-state index contributed by atoms with van der Waals surface area (Å²) in [5.41, 5.74) is 7.31. The molecule has 0 radical (unpaired) electrons. The fourth-order valence-corrected chi connectivity index (χ4v) is 3.17. The van der Waals surface area contributed by atoms with Crippen LogP contribution in [0.4, 0.5) is 5.69 Å². The molecule has 1 aromatic rings. The van der Waals surface area contributed by atoms with Gasteiger partial charge in [-0.1, -0.05) is 24.6 Å². The van der Waals surface area contributed by atoms with E-state index in [0.717, 1.165) is 11.6 Å². The predicted octanol–water partition coefficient (Wildman–Crippen LogP) is 3.64. The standard InChI is InChI=1S/C15H22ClN3/c1-10-6-8-11(9-7-10)19(2)13-5-3-4-12(16)14(13)15(17)18/h3-5,10-11H,6-9H2,1-2H3,(H3,17,18). The average Bonchev–Trinajstić information content (AvgIpc) is 2.38. The van der Waals surface area contributed by atoms with Crippen molar-refractivity contribution in [1.29, 1.82) is 5.41 Å². The normalized spacial score (nSPS) is 23.1. The molecule has 3 N–H and O–H groups in total. The summed E-state index contributed by atoms with van der Waals surface area (Å²) in [5.74, 6) is 0.868. The lowest BCUT2D eigenvalue weighted by Crippen LogP contribution is -2.36. The summed E-state index contributed by atoms with van der Waals surface area (Å²) in [6.45, 7) is 2.32. The van der Waals surface area contributed by atoms with Gasteiger partial charge in [-0.2, -0.15) is 0 Å². The molecule has 0 atom stereocenters. The van der Waals surface area contributed by atoms with Crippen molar-refractivity contribution in [2.75, 3.05) is 11.9 Å². The van der Waals surface area contributed by atoms with Gasteiger partial charge in [-0.05, 0) is 43.7 Å². The van der Waals surface area contributed by atoms with Crippen molar-refractivity contribution >= 4 is 23.1 Å². The van der Waals surface area contributed by atoms with Crippen LogP contribution < -0.4 is 10.6 Å². The molecule has 4 heteroatoms. The molecule has 1 fully saturated rings. The zero-order chi connectivity index (χ0) is 14.0. The number of nitrogens with one attached hydrogen (secondary N) is 1. The highest BCUT2D eigenvalue weighted by atomic mass is 35.5. The van der Waals surface area contributed by atoms with E-state index in [-0.39, 0.29) is 5.84 Å². The number of nitrogens with zero attached hydrogens (tertiary/aromatic N) is 1. The minimum Gasteiger partial charge on any atom is -0.384 e. The highest BCUT2D eigenvalue weighted by Crippen LogP contribution is 2.33. The maximum Gasteiger partial charge on any atom is 0.126 e. The van der Waals surface area contributed by atoms with Crippen LogP contribution in [0.3, 0.4) is 0 Å². The van der Waals surface area contributed by atoms with Gasteiger partial charge in [-0.15, -0.1) is 0 Å². The molecule has 0 unspecified atom stereocenters. The van der Waals surface area contributed by atoms with E-state index in [1.807, 2.05) is 12.1 Å². The van der Waals surface area contributed by atoms with Crippen LogP contribution in [0, 0.1) is 11.3 Å². The summed E-state index contributed by atoms with van der Waals surface area (Å²) >= 11 is 6.18. The molecule has 3 nitrogen and oxygen atoms in total. The lowest BCUT2D eigenvalue weighted by atomic mass is 9.86. The van der Waals surface area contributed by atoms with E-state index in [0.29, 0.717) is 16.6 Å². The smallest absolute Gasteiger partial charge is 0.126 e. The van der Waals surface area contributed by atoms with Crippen molar-refractivity contribution in [3.63, 3.8) is 0 Å². The fraction of sp³-hybridized carbons (Fsp3) is 0.533. The van der Waals surface area contributed by atoms with Crippen molar-refractivity contribution in [3.8, 4) is 0 Å². The highest BCUT2D eigenvalue weighted by Gasteiger charge is 2.24. The second-order valence-corrected chi connectivity index (χ2v) is 5.98. The number of nitrogens with two attached hydrogens (primary N) is 1. The topological polar surface area (TPSA) is 53.1 Å². The van der Waals surface area contributed by atoms with Gasteiger partial charge in [0.15, 0.2) is 0 Å². The monoisotopic (exact) mass is 279 g/mol. The van der Waals surface area contributed by atoms with Crippen LogP contribution in [0.15, 0.2) is 18.2 Å². The predicted molar refractivity (Wildman–Crippen MR) is 82.3 cm³/mol. The second-order valence-electron chi connectivity index (χ2n) is 5.57. The van der Waals surface area contributed by atoms with Crippen LogP contribution in [0.25, 0.3) is 0 Å². The number of anilines is 1. The summed E-state index contributed by atoms with van der Waals surface area (Å²) in [6.07, 6.45) is 4.93. The van der Waals surface area contributed by atoms with Gasteiger partial charge in [0.25, 0.3) is 0 Å². The summed E-state index contributed by atoms with van der Waals surface area (Å²) in [4.78, 5) is 2.24. The Morgan fingerprint density at radius 2 is 1.95 bits per heavy atom. The molecule has 2 rings (SSSR count). The van der Waals surface area contributed by atoms with Gasteiger partial charge in [0.1, 0.15) is 5.84 Å². The molecule has 0 amide bonds. The van der Waals surface area contributed by atoms with Gasteiger partial charge in [0, 0.05) is 18.8 Å². The Morgan fingerprint density at radius 3 is 2.53 bits per heavy atom. The Morgan fingerprint density at radius 1 is 1.32 bits per heavy atom. The third-order valence-corrected chi connectivity index (χ3v) is 4.49. The number of hydrogen-bond donors (Lipinski definition) is 2. The number of benzene rings is 1. The molecule has 1 aliphatic rings. The Balaban J connectivity index is 2.26. The number of hydrogen-bond acceptors (Lipinski definition) is 2. The van der Waals surface area contributed by atoms with E-state index in [9.17, 15) is 0 Å². The van der Waals surface area contributed by atoms with E-state index < -0.39 is 0 Å². The average molecular weight is 280 g/mol. The van der Waals surface area contributed by atoms with E-state index >= 15 is 0 Å². The third-order valence-electron chi connectivity index (χ3n) is 4.17. The first kappa shape index (κ1) is 14.2. The molecule has 19 heavy (non-hydrogen) atoms. The Hall–Kier alpha value is -1.22. The molecular weight excluding hydrogens is 258 g/mol. The van der Waals surface area contributed by atoms with Crippen LogP contribution in [-0.2, 0) is 0 Å². The van der Waals surface area contributed by atoms with Gasteiger partial charge in [-0.25, -0.2) is 0 Å². The molecule has 0 heterocycles. The van der Waals surface area contributed by atoms with E-state index in [2.05, 4.69) is 18.9 Å². The maximum atomic E-state index is 7.72. The molecule has 0 aromatic heterocycles. The molecule has 0 saturated heterocycles. The van der Waals surface area contributed by atoms with Crippen LogP contribution in [0.2, 0.25) is 5.02 Å². The molecule has 1 aromatic carbocycles. The Kier molecular flexibility index (Phi) is 4.35. The zero-order valence-corrected chi connectivity index (χ0v) is 12.4. The largest absolute Gasteiger partial charge is 0.384 e. The first-order chi connectivity index (χ1) is 9.00. The van der Waals surface area contributed by atoms with Gasteiger partial charge in [0.2, 0.25) is 0 Å². The van der Waals surface area contributed by atoms with Crippen LogP contribution in [-0.4, -0.2) is 18.9 Å². The minimum absolute atomic E-state index is 0.0385. The van der Waals surface area contributed by atoms with Crippen molar-refractivity contribution in [2.45, 2.75) is 38.6 Å². The van der Waals surface area contributed by atoms with Crippen molar-refractivity contribution in [3.05, 3.63) is 28.8 Å². The fourth-order valence-electron chi connectivity index (χ4n) is 2.90. The number of halogens is 1. The summed E-state index contributed by atoms with van der Waals surface area (Å²) in [6, 6.07) is 6.23. The lowest BCUT2D eigenvalue weighted by Gasteiger charge is -2.36. The van der Waals surface area contributed by atoms with Gasteiger partial charge < -0.3 is 10.6 Å². The summed E-state index contributed by atoms with van der Waals surface area (Å²) in [5, 5.41) is 8.28. The third kappa shape index (κ3) is 3.03. The second kappa shape index (κ2) is 5.83. The number of rotatable bonds is 3. The Labute approximate surface area is 120 Å². The molecule has 0 bridgehead atoms. The minimum atomic E-state index is 0.0385. The first-order valence-electron chi connectivity index (χ1n) is 6.86. The van der Waals surface area contributed by atoms with E-state index in [1.54, 1.807) is 6.07 Å². The SMILES string of the molecule is CC1CCC(N(C)c2cccc(Cl)c2C(=N)N)CC1. The molecule has 1 aliphatic carbocycles. The maximum absolute atomic E-state index is 7.72. The molecular formula is C15H22ClN3. The highest BCUT2D eigenvalue weighted by molar-refractivity contribution is 6.34. The lowest BCUT2D eigenvalue weighted by molar-refractivity contribution is 0.340. The van der Waals surface area contributed by atoms with Crippen molar-refractivity contribution in [1.82, 2.24) is 0 Å².